The minimum absolute atomic E-state index is 0.111. The number of nitrogens with zero attached hydrogens (tertiary/aromatic N) is 2. The molecule has 2 heterocycles. The first-order valence-corrected chi connectivity index (χ1v) is 7.64. The third kappa shape index (κ3) is 3.71. The van der Waals surface area contributed by atoms with Gasteiger partial charge >= 0.3 is 0 Å². The molecule has 1 fully saturated rings. The molecule has 23 heavy (non-hydrogen) atoms. The van der Waals surface area contributed by atoms with E-state index in [0.717, 1.165) is 37.6 Å². The summed E-state index contributed by atoms with van der Waals surface area (Å²) in [5.41, 5.74) is 1.68. The van der Waals surface area contributed by atoms with Crippen molar-refractivity contribution in [3.05, 3.63) is 58.3 Å². The number of piperazine rings is 1. The SMILES string of the molecule is COc1c[nH]c(CN2CCN(c3cccc(F)c3)CC2)cc1=O. The Bertz CT molecular complexity index is 724. The first kappa shape index (κ1) is 15.6. The van der Waals surface area contributed by atoms with Crippen molar-refractivity contribution in [3.63, 3.8) is 0 Å². The summed E-state index contributed by atoms with van der Waals surface area (Å²) in [4.78, 5) is 19.3. The fraction of sp³-hybridized carbons (Fsp3) is 0.353. The van der Waals surface area contributed by atoms with Crippen LogP contribution < -0.4 is 15.1 Å². The van der Waals surface area contributed by atoms with Crippen molar-refractivity contribution in [2.45, 2.75) is 6.54 Å². The van der Waals surface area contributed by atoms with Gasteiger partial charge < -0.3 is 14.6 Å². The van der Waals surface area contributed by atoms with E-state index in [4.69, 9.17) is 4.74 Å². The lowest BCUT2D eigenvalue weighted by molar-refractivity contribution is 0.247. The molecular weight excluding hydrogens is 297 g/mol. The summed E-state index contributed by atoms with van der Waals surface area (Å²) in [6.45, 7) is 4.10. The summed E-state index contributed by atoms with van der Waals surface area (Å²) < 4.78 is 18.3. The van der Waals surface area contributed by atoms with E-state index in [0.29, 0.717) is 12.3 Å². The molecule has 3 rings (SSSR count). The van der Waals surface area contributed by atoms with Crippen molar-refractivity contribution >= 4 is 5.69 Å². The number of ether oxygens (including phenoxy) is 1. The maximum absolute atomic E-state index is 13.3. The number of halogens is 1. The number of hydrogen-bond donors (Lipinski definition) is 1. The van der Waals surface area contributed by atoms with Crippen LogP contribution in [0.2, 0.25) is 0 Å². The van der Waals surface area contributed by atoms with Crippen LogP contribution in [0.3, 0.4) is 0 Å². The van der Waals surface area contributed by atoms with E-state index in [9.17, 15) is 9.18 Å². The van der Waals surface area contributed by atoms with Gasteiger partial charge in [-0.15, -0.1) is 0 Å². The number of rotatable bonds is 4. The largest absolute Gasteiger partial charge is 0.491 e. The van der Waals surface area contributed by atoms with Crippen LogP contribution in [0.25, 0.3) is 0 Å². The molecule has 6 heteroatoms. The molecule has 0 aliphatic carbocycles. The molecule has 2 aromatic rings. The lowest BCUT2D eigenvalue weighted by Gasteiger charge is -2.36. The number of aromatic amines is 1. The molecule has 5 nitrogen and oxygen atoms in total. The van der Waals surface area contributed by atoms with E-state index in [-0.39, 0.29) is 11.2 Å². The van der Waals surface area contributed by atoms with Crippen LogP contribution >= 0.6 is 0 Å². The minimum atomic E-state index is -0.208. The summed E-state index contributed by atoms with van der Waals surface area (Å²) in [5.74, 6) is 0.116. The van der Waals surface area contributed by atoms with Crippen LogP contribution in [0.15, 0.2) is 41.3 Å². The molecule has 1 aliphatic heterocycles. The molecule has 1 aliphatic rings. The van der Waals surface area contributed by atoms with Gasteiger partial charge in [-0.3, -0.25) is 9.69 Å². The number of aromatic nitrogens is 1. The number of anilines is 1. The second kappa shape index (κ2) is 6.83. The average molecular weight is 317 g/mol. The summed E-state index contributed by atoms with van der Waals surface area (Å²) in [6.07, 6.45) is 1.60. The molecule has 0 saturated carbocycles. The Morgan fingerprint density at radius 1 is 1.22 bits per heavy atom. The maximum atomic E-state index is 13.3. The molecule has 0 atom stereocenters. The van der Waals surface area contributed by atoms with Gasteiger partial charge in [0, 0.05) is 56.4 Å². The monoisotopic (exact) mass is 317 g/mol. The summed E-state index contributed by atoms with van der Waals surface area (Å²) >= 11 is 0. The van der Waals surface area contributed by atoms with E-state index >= 15 is 0 Å². The average Bonchev–Trinajstić information content (AvgIpc) is 2.56. The first-order chi connectivity index (χ1) is 11.2. The van der Waals surface area contributed by atoms with Gasteiger partial charge in [0.25, 0.3) is 0 Å². The van der Waals surface area contributed by atoms with Crippen molar-refractivity contribution in [2.75, 3.05) is 38.2 Å². The van der Waals surface area contributed by atoms with Gasteiger partial charge in [0.05, 0.1) is 7.11 Å². The van der Waals surface area contributed by atoms with Crippen LogP contribution in [0, 0.1) is 5.82 Å². The highest BCUT2D eigenvalue weighted by Crippen LogP contribution is 2.18. The Morgan fingerprint density at radius 2 is 2.00 bits per heavy atom. The van der Waals surface area contributed by atoms with Gasteiger partial charge in [-0.05, 0) is 18.2 Å². The van der Waals surface area contributed by atoms with Crippen LogP contribution in [0.1, 0.15) is 5.69 Å². The lowest BCUT2D eigenvalue weighted by Crippen LogP contribution is -2.46. The van der Waals surface area contributed by atoms with Crippen LogP contribution in [-0.4, -0.2) is 43.2 Å². The van der Waals surface area contributed by atoms with Crippen LogP contribution in [0.4, 0.5) is 10.1 Å². The second-order valence-corrected chi connectivity index (χ2v) is 5.63. The Labute approximate surface area is 134 Å². The number of methoxy groups -OCH3 is 1. The smallest absolute Gasteiger partial charge is 0.223 e. The van der Waals surface area contributed by atoms with E-state index in [2.05, 4.69) is 14.8 Å². The Kier molecular flexibility index (Phi) is 4.62. The first-order valence-electron chi connectivity index (χ1n) is 7.64. The standard InChI is InChI=1S/C17H20FN3O2/c1-23-17-11-19-14(10-16(17)22)12-20-5-7-21(8-6-20)15-4-2-3-13(18)9-15/h2-4,9-11H,5-8,12H2,1H3,(H,19,22). The molecule has 1 aromatic carbocycles. The fourth-order valence-electron chi connectivity index (χ4n) is 2.83. The topological polar surface area (TPSA) is 48.6 Å². The van der Waals surface area contributed by atoms with Crippen LogP contribution in [-0.2, 0) is 6.54 Å². The number of hydrogen-bond acceptors (Lipinski definition) is 4. The predicted molar refractivity (Wildman–Crippen MR) is 87.5 cm³/mol. The summed E-state index contributed by atoms with van der Waals surface area (Å²) in [5, 5.41) is 0. The van der Waals surface area contributed by atoms with Crippen molar-refractivity contribution in [1.82, 2.24) is 9.88 Å². The maximum Gasteiger partial charge on any atom is 0.223 e. The molecule has 0 radical (unpaired) electrons. The second-order valence-electron chi connectivity index (χ2n) is 5.63. The zero-order valence-corrected chi connectivity index (χ0v) is 13.1. The fourth-order valence-corrected chi connectivity index (χ4v) is 2.83. The number of benzene rings is 1. The van der Waals surface area contributed by atoms with E-state index in [1.165, 1.54) is 13.2 Å². The third-order valence-corrected chi connectivity index (χ3v) is 4.10. The van der Waals surface area contributed by atoms with Gasteiger partial charge in [0.1, 0.15) is 5.82 Å². The lowest BCUT2D eigenvalue weighted by atomic mass is 10.2. The molecular formula is C17H20FN3O2. The van der Waals surface area contributed by atoms with Gasteiger partial charge in [0.15, 0.2) is 5.75 Å². The highest BCUT2D eigenvalue weighted by molar-refractivity contribution is 5.46. The van der Waals surface area contributed by atoms with Crippen molar-refractivity contribution in [2.24, 2.45) is 0 Å². The summed E-state index contributed by atoms with van der Waals surface area (Å²) in [6, 6.07) is 8.27. The quantitative estimate of drug-likeness (QED) is 0.935. The predicted octanol–water partition coefficient (Wildman–Crippen LogP) is 1.84. The molecule has 0 spiro atoms. The zero-order chi connectivity index (χ0) is 16.2. The Morgan fingerprint density at radius 3 is 2.65 bits per heavy atom. The molecule has 0 bridgehead atoms. The van der Waals surface area contributed by atoms with Crippen molar-refractivity contribution in [3.8, 4) is 5.75 Å². The van der Waals surface area contributed by atoms with E-state index in [1.807, 2.05) is 6.07 Å². The van der Waals surface area contributed by atoms with Crippen LogP contribution in [0.5, 0.6) is 5.75 Å². The molecule has 1 saturated heterocycles. The minimum Gasteiger partial charge on any atom is -0.491 e. The van der Waals surface area contributed by atoms with Gasteiger partial charge in [-0.25, -0.2) is 4.39 Å². The van der Waals surface area contributed by atoms with Crippen molar-refractivity contribution in [1.29, 1.82) is 0 Å². The molecule has 1 N–H and O–H groups in total. The Balaban J connectivity index is 1.59. The summed E-state index contributed by atoms with van der Waals surface area (Å²) in [7, 11) is 1.48. The third-order valence-electron chi connectivity index (χ3n) is 4.10. The zero-order valence-electron chi connectivity index (χ0n) is 13.1. The molecule has 0 unspecified atom stereocenters. The molecule has 122 valence electrons. The Hall–Kier alpha value is -2.34. The number of pyridine rings is 1. The van der Waals surface area contributed by atoms with Gasteiger partial charge in [-0.1, -0.05) is 6.07 Å². The van der Waals surface area contributed by atoms with Gasteiger partial charge in [0.2, 0.25) is 5.43 Å². The molecule has 1 aromatic heterocycles. The number of nitrogens with one attached hydrogen (secondary N) is 1. The highest BCUT2D eigenvalue weighted by Gasteiger charge is 2.18. The highest BCUT2D eigenvalue weighted by atomic mass is 19.1. The molecule has 0 amide bonds. The normalized spacial score (nSPS) is 15.7. The number of H-pyrrole nitrogens is 1. The van der Waals surface area contributed by atoms with E-state index < -0.39 is 0 Å². The van der Waals surface area contributed by atoms with E-state index in [1.54, 1.807) is 24.4 Å². The van der Waals surface area contributed by atoms with Crippen molar-refractivity contribution < 1.29 is 9.13 Å². The van der Waals surface area contributed by atoms with Gasteiger partial charge in [-0.2, -0.15) is 0 Å².